The maximum atomic E-state index is 11.7. The standard InChI is InChI=1S/C21H19Cl2N7O2/c1-4-18(31)25-17-10-30(3)29-21(17)26-20-13-7-12(5-6-16(13)27-28-20)32-11(2)19-14(22)8-24-9-15(19)23/h4-11H,1H2,2-3H3,(H,25,31)(H2,26,27,28,29)/t11-/m1/s1. The van der Waals surface area contributed by atoms with Gasteiger partial charge in [-0.1, -0.05) is 29.8 Å². The summed E-state index contributed by atoms with van der Waals surface area (Å²) in [5.74, 6) is 1.21. The lowest BCUT2D eigenvalue weighted by Crippen LogP contribution is -2.08. The minimum absolute atomic E-state index is 0.342. The predicted molar refractivity (Wildman–Crippen MR) is 125 cm³/mol. The van der Waals surface area contributed by atoms with Crippen LogP contribution >= 0.6 is 23.2 Å². The Labute approximate surface area is 193 Å². The molecule has 0 unspecified atom stereocenters. The zero-order chi connectivity index (χ0) is 22.8. The molecule has 9 nitrogen and oxygen atoms in total. The Morgan fingerprint density at radius 3 is 2.75 bits per heavy atom. The Balaban J connectivity index is 1.61. The molecule has 0 bridgehead atoms. The third-order valence-corrected chi connectivity index (χ3v) is 5.26. The number of rotatable bonds is 7. The summed E-state index contributed by atoms with van der Waals surface area (Å²) in [5, 5.41) is 19.1. The highest BCUT2D eigenvalue weighted by atomic mass is 35.5. The van der Waals surface area contributed by atoms with Crippen LogP contribution in [0.4, 0.5) is 17.3 Å². The van der Waals surface area contributed by atoms with Crippen molar-refractivity contribution < 1.29 is 9.53 Å². The fourth-order valence-corrected chi connectivity index (χ4v) is 3.87. The van der Waals surface area contributed by atoms with Crippen molar-refractivity contribution in [3.63, 3.8) is 0 Å². The molecule has 0 spiro atoms. The summed E-state index contributed by atoms with van der Waals surface area (Å²) < 4.78 is 7.66. The molecular weight excluding hydrogens is 453 g/mol. The summed E-state index contributed by atoms with van der Waals surface area (Å²) in [6.07, 6.45) is 5.51. The van der Waals surface area contributed by atoms with Crippen LogP contribution in [0.5, 0.6) is 5.75 Å². The van der Waals surface area contributed by atoms with Crippen molar-refractivity contribution in [3.8, 4) is 5.75 Å². The molecule has 0 aliphatic rings. The molecule has 0 saturated carbocycles. The van der Waals surface area contributed by atoms with Gasteiger partial charge in [0, 0.05) is 30.4 Å². The first-order valence-corrected chi connectivity index (χ1v) is 10.3. The summed E-state index contributed by atoms with van der Waals surface area (Å²) in [7, 11) is 1.75. The van der Waals surface area contributed by atoms with Crippen LogP contribution < -0.4 is 15.4 Å². The first kappa shape index (κ1) is 21.7. The van der Waals surface area contributed by atoms with E-state index in [-0.39, 0.29) is 5.91 Å². The van der Waals surface area contributed by atoms with Gasteiger partial charge in [-0.3, -0.25) is 19.6 Å². The number of aromatic nitrogens is 5. The van der Waals surface area contributed by atoms with Crippen molar-refractivity contribution in [1.29, 1.82) is 0 Å². The summed E-state index contributed by atoms with van der Waals surface area (Å²) in [6.45, 7) is 5.32. The number of halogens is 2. The molecule has 164 valence electrons. The number of H-pyrrole nitrogens is 1. The second-order valence-electron chi connectivity index (χ2n) is 6.94. The highest BCUT2D eigenvalue weighted by Crippen LogP contribution is 2.34. The molecule has 0 aliphatic heterocycles. The molecule has 3 N–H and O–H groups in total. The summed E-state index contributed by atoms with van der Waals surface area (Å²) in [6, 6.07) is 5.51. The van der Waals surface area contributed by atoms with Crippen LogP contribution in [0.1, 0.15) is 18.6 Å². The van der Waals surface area contributed by atoms with Gasteiger partial charge in [0.15, 0.2) is 11.6 Å². The van der Waals surface area contributed by atoms with Crippen LogP contribution in [0.15, 0.2) is 49.4 Å². The first-order valence-electron chi connectivity index (χ1n) is 9.53. The molecule has 3 aromatic heterocycles. The number of aromatic amines is 1. The fraction of sp³-hybridized carbons (Fsp3) is 0.143. The van der Waals surface area contributed by atoms with E-state index in [1.165, 1.54) is 18.5 Å². The van der Waals surface area contributed by atoms with Gasteiger partial charge in [0.1, 0.15) is 17.5 Å². The van der Waals surface area contributed by atoms with E-state index in [9.17, 15) is 4.79 Å². The Morgan fingerprint density at radius 1 is 1.28 bits per heavy atom. The predicted octanol–water partition coefficient (Wildman–Crippen LogP) is 5.01. The zero-order valence-corrected chi connectivity index (χ0v) is 18.7. The van der Waals surface area contributed by atoms with Crippen LogP contribution in [-0.2, 0) is 11.8 Å². The van der Waals surface area contributed by atoms with Gasteiger partial charge in [-0.05, 0) is 31.2 Å². The SMILES string of the molecule is C=CC(=O)Nc1cn(C)nc1Nc1n[nH]c2ccc(O[C@H](C)c3c(Cl)cncc3Cl)cc12. The molecule has 0 aliphatic carbocycles. The van der Waals surface area contributed by atoms with Crippen molar-refractivity contribution in [2.75, 3.05) is 10.6 Å². The number of fused-ring (bicyclic) bond motifs is 1. The topological polar surface area (TPSA) is 110 Å². The number of anilines is 3. The number of carbonyl (C=O) groups excluding carboxylic acids is 1. The molecular formula is C21H19Cl2N7O2. The number of nitrogens with one attached hydrogen (secondary N) is 3. The number of pyridine rings is 1. The molecule has 4 aromatic rings. The lowest BCUT2D eigenvalue weighted by Gasteiger charge is -2.17. The molecule has 32 heavy (non-hydrogen) atoms. The number of carbonyl (C=O) groups is 1. The van der Waals surface area contributed by atoms with Crippen LogP contribution in [0.2, 0.25) is 10.0 Å². The Hall–Kier alpha value is -3.56. The van der Waals surface area contributed by atoms with E-state index in [1.54, 1.807) is 17.9 Å². The lowest BCUT2D eigenvalue weighted by atomic mass is 10.1. The number of aryl methyl sites for hydroxylation is 1. The van der Waals surface area contributed by atoms with Gasteiger partial charge < -0.3 is 15.4 Å². The van der Waals surface area contributed by atoms with E-state index in [2.05, 4.69) is 37.5 Å². The van der Waals surface area contributed by atoms with Gasteiger partial charge in [-0.25, -0.2) is 0 Å². The number of hydrogen-bond donors (Lipinski definition) is 3. The average Bonchev–Trinajstić information content (AvgIpc) is 3.30. The number of nitrogens with zero attached hydrogens (tertiary/aromatic N) is 4. The average molecular weight is 472 g/mol. The molecule has 1 amide bonds. The van der Waals surface area contributed by atoms with Gasteiger partial charge in [0.2, 0.25) is 5.91 Å². The Kier molecular flexibility index (Phi) is 6.02. The van der Waals surface area contributed by atoms with E-state index in [0.717, 1.165) is 10.9 Å². The van der Waals surface area contributed by atoms with E-state index >= 15 is 0 Å². The van der Waals surface area contributed by atoms with Crippen LogP contribution in [0.25, 0.3) is 10.9 Å². The van der Waals surface area contributed by atoms with Crippen LogP contribution in [0, 0.1) is 0 Å². The minimum atomic E-state index is -0.407. The minimum Gasteiger partial charge on any atom is -0.486 e. The quantitative estimate of drug-likeness (QED) is 0.327. The molecule has 0 fully saturated rings. The molecule has 0 saturated heterocycles. The highest BCUT2D eigenvalue weighted by Gasteiger charge is 2.18. The van der Waals surface area contributed by atoms with Crippen molar-refractivity contribution in [2.45, 2.75) is 13.0 Å². The smallest absolute Gasteiger partial charge is 0.247 e. The van der Waals surface area contributed by atoms with Gasteiger partial charge in [-0.15, -0.1) is 0 Å². The fourth-order valence-electron chi connectivity index (χ4n) is 3.20. The Bertz CT molecular complexity index is 1290. The van der Waals surface area contributed by atoms with Crippen LogP contribution in [-0.4, -0.2) is 30.9 Å². The van der Waals surface area contributed by atoms with Gasteiger partial charge in [0.05, 0.1) is 21.8 Å². The maximum Gasteiger partial charge on any atom is 0.247 e. The second-order valence-corrected chi connectivity index (χ2v) is 7.75. The van der Waals surface area contributed by atoms with E-state index < -0.39 is 6.10 Å². The molecule has 1 aromatic carbocycles. The number of amides is 1. The van der Waals surface area contributed by atoms with E-state index in [1.807, 2.05) is 25.1 Å². The summed E-state index contributed by atoms with van der Waals surface area (Å²) in [4.78, 5) is 15.7. The summed E-state index contributed by atoms with van der Waals surface area (Å²) >= 11 is 12.5. The third-order valence-electron chi connectivity index (χ3n) is 4.65. The second kappa shape index (κ2) is 8.89. The molecule has 3 heterocycles. The van der Waals surface area contributed by atoms with Crippen molar-refractivity contribution in [3.05, 3.63) is 65.1 Å². The third kappa shape index (κ3) is 4.39. The molecule has 4 rings (SSSR count). The normalized spacial score (nSPS) is 11.9. The summed E-state index contributed by atoms with van der Waals surface area (Å²) in [5.41, 5.74) is 1.95. The largest absolute Gasteiger partial charge is 0.486 e. The Morgan fingerprint density at radius 2 is 2.03 bits per heavy atom. The van der Waals surface area contributed by atoms with E-state index in [0.29, 0.717) is 38.7 Å². The van der Waals surface area contributed by atoms with Gasteiger partial charge >= 0.3 is 0 Å². The molecule has 11 heteroatoms. The number of hydrogen-bond acceptors (Lipinski definition) is 6. The van der Waals surface area contributed by atoms with Crippen molar-refractivity contribution in [2.24, 2.45) is 7.05 Å². The molecule has 1 atom stereocenters. The van der Waals surface area contributed by atoms with Gasteiger partial charge in [-0.2, -0.15) is 10.2 Å². The highest BCUT2D eigenvalue weighted by molar-refractivity contribution is 6.35. The monoisotopic (exact) mass is 471 g/mol. The number of ether oxygens (including phenoxy) is 1. The van der Waals surface area contributed by atoms with E-state index in [4.69, 9.17) is 27.9 Å². The van der Waals surface area contributed by atoms with Gasteiger partial charge in [0.25, 0.3) is 0 Å². The van der Waals surface area contributed by atoms with Crippen molar-refractivity contribution in [1.82, 2.24) is 25.0 Å². The first-order chi connectivity index (χ1) is 15.4. The van der Waals surface area contributed by atoms with Crippen molar-refractivity contribution >= 4 is 57.3 Å². The van der Waals surface area contributed by atoms with Crippen LogP contribution in [0.3, 0.4) is 0 Å². The lowest BCUT2D eigenvalue weighted by molar-refractivity contribution is -0.111. The molecule has 0 radical (unpaired) electrons. The zero-order valence-electron chi connectivity index (χ0n) is 17.2. The number of benzene rings is 1. The maximum absolute atomic E-state index is 11.7.